The van der Waals surface area contributed by atoms with Gasteiger partial charge in [-0.15, -0.1) is 11.3 Å². The molecule has 1 atom stereocenters. The van der Waals surface area contributed by atoms with Gasteiger partial charge in [-0.05, 0) is 32.9 Å². The Morgan fingerprint density at radius 3 is 2.75 bits per heavy atom. The Labute approximate surface area is 123 Å². The van der Waals surface area contributed by atoms with E-state index in [1.54, 1.807) is 11.3 Å². The number of benzene rings is 1. The second-order valence-electron chi connectivity index (χ2n) is 5.17. The second kappa shape index (κ2) is 6.81. The van der Waals surface area contributed by atoms with Crippen LogP contribution in [0.2, 0.25) is 0 Å². The molecular formula is C15H21N3OS. The highest BCUT2D eigenvalue weighted by molar-refractivity contribution is 7.18. The summed E-state index contributed by atoms with van der Waals surface area (Å²) in [5.41, 5.74) is 1.04. The van der Waals surface area contributed by atoms with Gasteiger partial charge >= 0.3 is 0 Å². The van der Waals surface area contributed by atoms with E-state index in [9.17, 15) is 4.79 Å². The smallest absolute Gasteiger partial charge is 0.221 e. The van der Waals surface area contributed by atoms with Crippen molar-refractivity contribution in [3.8, 4) is 0 Å². The number of fused-ring (bicyclic) bond motifs is 1. The van der Waals surface area contributed by atoms with Gasteiger partial charge in [-0.3, -0.25) is 4.79 Å². The standard InChI is InChI=1S/C15H21N3OS/c1-10(2)17-14(19)8-9-16-11(3)15-18-12-6-4-5-7-13(12)20-15/h4-7,10-11,16H,8-9H2,1-3H3,(H,17,19). The van der Waals surface area contributed by atoms with Crippen molar-refractivity contribution in [1.29, 1.82) is 0 Å². The molecule has 0 spiro atoms. The Kier molecular flexibility index (Phi) is 5.09. The highest BCUT2D eigenvalue weighted by atomic mass is 32.1. The monoisotopic (exact) mass is 291 g/mol. The molecule has 0 radical (unpaired) electrons. The Balaban J connectivity index is 1.85. The summed E-state index contributed by atoms with van der Waals surface area (Å²) in [6, 6.07) is 8.50. The van der Waals surface area contributed by atoms with Crippen LogP contribution in [0.3, 0.4) is 0 Å². The van der Waals surface area contributed by atoms with Crippen molar-refractivity contribution in [2.45, 2.75) is 39.3 Å². The first-order valence-corrected chi connectivity index (χ1v) is 7.76. The van der Waals surface area contributed by atoms with Crippen LogP contribution in [0.1, 0.15) is 38.2 Å². The third-order valence-electron chi connectivity index (χ3n) is 2.93. The average molecular weight is 291 g/mol. The first-order chi connectivity index (χ1) is 9.56. The largest absolute Gasteiger partial charge is 0.354 e. The predicted molar refractivity (Wildman–Crippen MR) is 83.9 cm³/mol. The minimum Gasteiger partial charge on any atom is -0.354 e. The van der Waals surface area contributed by atoms with Crippen LogP contribution >= 0.6 is 11.3 Å². The molecule has 1 aromatic carbocycles. The van der Waals surface area contributed by atoms with E-state index >= 15 is 0 Å². The van der Waals surface area contributed by atoms with Crippen LogP contribution in [0.25, 0.3) is 10.2 Å². The molecule has 2 rings (SSSR count). The number of rotatable bonds is 6. The van der Waals surface area contributed by atoms with E-state index in [0.717, 1.165) is 10.5 Å². The maximum atomic E-state index is 11.5. The number of para-hydroxylation sites is 1. The van der Waals surface area contributed by atoms with Crippen LogP contribution in [0.4, 0.5) is 0 Å². The van der Waals surface area contributed by atoms with Crippen molar-refractivity contribution in [2.24, 2.45) is 0 Å². The zero-order valence-corrected chi connectivity index (χ0v) is 13.0. The lowest BCUT2D eigenvalue weighted by Crippen LogP contribution is -2.33. The topological polar surface area (TPSA) is 54.0 Å². The summed E-state index contributed by atoms with van der Waals surface area (Å²) < 4.78 is 1.20. The van der Waals surface area contributed by atoms with Gasteiger partial charge in [-0.1, -0.05) is 12.1 Å². The summed E-state index contributed by atoms with van der Waals surface area (Å²) in [6.07, 6.45) is 0.493. The SMILES string of the molecule is CC(C)NC(=O)CCNC(C)c1nc2ccccc2s1. The number of carbonyl (C=O) groups is 1. The van der Waals surface area contributed by atoms with E-state index in [-0.39, 0.29) is 18.0 Å². The fourth-order valence-corrected chi connectivity index (χ4v) is 2.95. The number of nitrogens with one attached hydrogen (secondary N) is 2. The summed E-state index contributed by atoms with van der Waals surface area (Å²) >= 11 is 1.70. The molecule has 1 amide bonds. The van der Waals surface area contributed by atoms with Crippen LogP contribution in [0, 0.1) is 0 Å². The molecule has 5 heteroatoms. The minimum atomic E-state index is 0.0870. The first-order valence-electron chi connectivity index (χ1n) is 6.94. The number of nitrogens with zero attached hydrogens (tertiary/aromatic N) is 1. The van der Waals surface area contributed by atoms with Gasteiger partial charge in [-0.25, -0.2) is 4.98 Å². The highest BCUT2D eigenvalue weighted by Gasteiger charge is 2.11. The molecule has 108 valence electrons. The molecule has 2 N–H and O–H groups in total. The molecule has 0 fully saturated rings. The van der Waals surface area contributed by atoms with Gasteiger partial charge in [0, 0.05) is 19.0 Å². The first kappa shape index (κ1) is 14.9. The van der Waals surface area contributed by atoms with E-state index in [0.29, 0.717) is 13.0 Å². The summed E-state index contributed by atoms with van der Waals surface area (Å²) in [5, 5.41) is 7.30. The Morgan fingerprint density at radius 2 is 2.05 bits per heavy atom. The third kappa shape index (κ3) is 4.02. The van der Waals surface area contributed by atoms with Gasteiger partial charge < -0.3 is 10.6 Å². The lowest BCUT2D eigenvalue weighted by atomic mass is 10.3. The number of amides is 1. The fourth-order valence-electron chi connectivity index (χ4n) is 1.96. The van der Waals surface area contributed by atoms with Gasteiger partial charge in [0.1, 0.15) is 5.01 Å². The molecule has 0 aliphatic rings. The van der Waals surface area contributed by atoms with Crippen molar-refractivity contribution in [1.82, 2.24) is 15.6 Å². The van der Waals surface area contributed by atoms with E-state index in [1.807, 2.05) is 32.0 Å². The van der Waals surface area contributed by atoms with Crippen molar-refractivity contribution >= 4 is 27.5 Å². The van der Waals surface area contributed by atoms with E-state index in [1.165, 1.54) is 4.70 Å². The molecule has 4 nitrogen and oxygen atoms in total. The molecule has 0 aliphatic carbocycles. The van der Waals surface area contributed by atoms with Gasteiger partial charge in [0.05, 0.1) is 16.3 Å². The summed E-state index contributed by atoms with van der Waals surface area (Å²) in [4.78, 5) is 16.2. The van der Waals surface area contributed by atoms with Crippen molar-refractivity contribution in [3.63, 3.8) is 0 Å². The van der Waals surface area contributed by atoms with Crippen LogP contribution in [-0.2, 0) is 4.79 Å². The second-order valence-corrected chi connectivity index (χ2v) is 6.23. The molecule has 1 unspecified atom stereocenters. The van der Waals surface area contributed by atoms with Gasteiger partial charge in [-0.2, -0.15) is 0 Å². The van der Waals surface area contributed by atoms with Crippen LogP contribution in [0.15, 0.2) is 24.3 Å². The van der Waals surface area contributed by atoms with Gasteiger partial charge in [0.15, 0.2) is 0 Å². The number of hydrogen-bond acceptors (Lipinski definition) is 4. The Hall–Kier alpha value is -1.46. The van der Waals surface area contributed by atoms with Gasteiger partial charge in [0.2, 0.25) is 5.91 Å². The van der Waals surface area contributed by atoms with Crippen LogP contribution < -0.4 is 10.6 Å². The summed E-state index contributed by atoms with van der Waals surface area (Å²) in [7, 11) is 0. The lowest BCUT2D eigenvalue weighted by Gasteiger charge is -2.12. The Bertz CT molecular complexity index is 546. The fraction of sp³-hybridized carbons (Fsp3) is 0.467. The molecule has 20 heavy (non-hydrogen) atoms. The van der Waals surface area contributed by atoms with E-state index in [2.05, 4.69) is 28.6 Å². The van der Waals surface area contributed by atoms with Gasteiger partial charge in [0.25, 0.3) is 0 Å². The van der Waals surface area contributed by atoms with Crippen molar-refractivity contribution < 1.29 is 4.79 Å². The van der Waals surface area contributed by atoms with Crippen LogP contribution in [-0.4, -0.2) is 23.5 Å². The quantitative estimate of drug-likeness (QED) is 0.860. The molecule has 0 aliphatic heterocycles. The maximum absolute atomic E-state index is 11.5. The average Bonchev–Trinajstić information content (AvgIpc) is 2.81. The summed E-state index contributed by atoms with van der Waals surface area (Å²) in [6.45, 7) is 6.68. The molecule has 0 saturated heterocycles. The molecular weight excluding hydrogens is 270 g/mol. The molecule has 1 heterocycles. The third-order valence-corrected chi connectivity index (χ3v) is 4.15. The van der Waals surface area contributed by atoms with Crippen LogP contribution in [0.5, 0.6) is 0 Å². The highest BCUT2D eigenvalue weighted by Crippen LogP contribution is 2.25. The minimum absolute atomic E-state index is 0.0870. The zero-order chi connectivity index (χ0) is 14.5. The van der Waals surface area contributed by atoms with E-state index in [4.69, 9.17) is 0 Å². The number of aromatic nitrogens is 1. The lowest BCUT2D eigenvalue weighted by molar-refractivity contribution is -0.121. The van der Waals surface area contributed by atoms with E-state index < -0.39 is 0 Å². The summed E-state index contributed by atoms with van der Waals surface area (Å²) in [5.74, 6) is 0.0870. The van der Waals surface area contributed by atoms with Crippen molar-refractivity contribution in [2.75, 3.05) is 6.54 Å². The Morgan fingerprint density at radius 1 is 1.30 bits per heavy atom. The molecule has 2 aromatic rings. The van der Waals surface area contributed by atoms with Crippen molar-refractivity contribution in [3.05, 3.63) is 29.3 Å². The number of thiazole rings is 1. The number of hydrogen-bond donors (Lipinski definition) is 2. The zero-order valence-electron chi connectivity index (χ0n) is 12.1. The number of carbonyl (C=O) groups excluding carboxylic acids is 1. The predicted octanol–water partition coefficient (Wildman–Crippen LogP) is 2.86. The maximum Gasteiger partial charge on any atom is 0.221 e. The molecule has 1 aromatic heterocycles. The normalized spacial score (nSPS) is 12.8. The molecule has 0 bridgehead atoms. The molecule has 0 saturated carbocycles.